The van der Waals surface area contributed by atoms with Crippen molar-refractivity contribution in [3.8, 4) is 0 Å². The van der Waals surface area contributed by atoms with Crippen molar-refractivity contribution in [3.05, 3.63) is 62.8 Å². The molecule has 1 aliphatic carbocycles. The Morgan fingerprint density at radius 3 is 2.46 bits per heavy atom. The van der Waals surface area contributed by atoms with Crippen LogP contribution in [0, 0.1) is 0 Å². The molecular weight excluding hydrogens is 397 g/mol. The Morgan fingerprint density at radius 1 is 1.11 bits per heavy atom. The summed E-state index contributed by atoms with van der Waals surface area (Å²) in [6.45, 7) is 3.51. The van der Waals surface area contributed by atoms with Crippen LogP contribution in [0.15, 0.2) is 34.7 Å². The van der Waals surface area contributed by atoms with Gasteiger partial charge in [-0.05, 0) is 56.9 Å². The van der Waals surface area contributed by atoms with Gasteiger partial charge in [-0.1, -0.05) is 35.3 Å². The molecule has 0 atom stereocenters. The molecule has 1 heterocycles. The number of carbonyl (C=O) groups excluding carboxylic acids is 1. The summed E-state index contributed by atoms with van der Waals surface area (Å²) in [7, 11) is 0. The average Bonchev–Trinajstić information content (AvgIpc) is 3.01. The summed E-state index contributed by atoms with van der Waals surface area (Å²) >= 11 is 12.3. The molecule has 0 saturated carbocycles. The van der Waals surface area contributed by atoms with Crippen LogP contribution in [0.3, 0.4) is 0 Å². The van der Waals surface area contributed by atoms with Crippen molar-refractivity contribution in [1.82, 2.24) is 0 Å². The van der Waals surface area contributed by atoms with E-state index in [4.69, 9.17) is 27.6 Å². The monoisotopic (exact) mass is 417 g/mol. The number of aliphatic hydroxyl groups is 1. The number of carbonyl (C=O) groups is 1. The average molecular weight is 418 g/mol. The van der Waals surface area contributed by atoms with Gasteiger partial charge < -0.3 is 14.8 Å². The Morgan fingerprint density at radius 2 is 1.79 bits per heavy atom. The number of anilines is 1. The summed E-state index contributed by atoms with van der Waals surface area (Å²) in [4.78, 5) is 12.9. The van der Waals surface area contributed by atoms with E-state index in [9.17, 15) is 9.90 Å². The zero-order chi connectivity index (χ0) is 20.1. The molecule has 0 spiro atoms. The lowest BCUT2D eigenvalue weighted by molar-refractivity contribution is 0.0801. The molecule has 2 aromatic carbocycles. The van der Waals surface area contributed by atoms with Gasteiger partial charge >= 0.3 is 0 Å². The molecule has 0 saturated heterocycles. The molecule has 1 aromatic heterocycles. The lowest BCUT2D eigenvalue weighted by Gasteiger charge is -2.21. The minimum absolute atomic E-state index is 0.224. The molecule has 4 nitrogen and oxygen atoms in total. The fourth-order valence-corrected chi connectivity index (χ4v) is 4.44. The fraction of sp³-hybridized carbons (Fsp3) is 0.318. The van der Waals surface area contributed by atoms with E-state index in [2.05, 4.69) is 5.32 Å². The first-order valence-electron chi connectivity index (χ1n) is 9.33. The molecule has 0 bridgehead atoms. The quantitative estimate of drug-likeness (QED) is 0.541. The van der Waals surface area contributed by atoms with Crippen molar-refractivity contribution in [3.63, 3.8) is 0 Å². The van der Waals surface area contributed by atoms with E-state index in [-0.39, 0.29) is 15.6 Å². The van der Waals surface area contributed by atoms with Crippen molar-refractivity contribution < 1.29 is 14.3 Å². The minimum atomic E-state index is -1.03. The maximum atomic E-state index is 12.9. The smallest absolute Gasteiger partial charge is 0.258 e. The molecule has 1 aliphatic rings. The summed E-state index contributed by atoms with van der Waals surface area (Å²) in [5.41, 5.74) is 2.25. The predicted octanol–water partition coefficient (Wildman–Crippen LogP) is 6.10. The lowest BCUT2D eigenvalue weighted by Crippen LogP contribution is -2.17. The fourth-order valence-electron chi connectivity index (χ4n) is 3.87. The zero-order valence-electron chi connectivity index (χ0n) is 15.7. The number of fused-ring (bicyclic) bond motifs is 3. The van der Waals surface area contributed by atoms with E-state index >= 15 is 0 Å². The van der Waals surface area contributed by atoms with Gasteiger partial charge in [0.25, 0.3) is 5.91 Å². The molecule has 4 rings (SSSR count). The summed E-state index contributed by atoms with van der Waals surface area (Å²) < 4.78 is 6.16. The zero-order valence-corrected chi connectivity index (χ0v) is 17.2. The summed E-state index contributed by atoms with van der Waals surface area (Å²) in [5, 5.41) is 15.0. The van der Waals surface area contributed by atoms with Gasteiger partial charge in [0.15, 0.2) is 5.58 Å². The van der Waals surface area contributed by atoms with Gasteiger partial charge in [0.05, 0.1) is 26.9 Å². The van der Waals surface area contributed by atoms with Crippen molar-refractivity contribution in [2.24, 2.45) is 0 Å². The summed E-state index contributed by atoms with van der Waals surface area (Å²) in [5.74, 6) is 0.534. The van der Waals surface area contributed by atoms with E-state index in [0.717, 1.165) is 48.0 Å². The van der Waals surface area contributed by atoms with Gasteiger partial charge in [0.1, 0.15) is 5.76 Å². The highest BCUT2D eigenvalue weighted by Crippen LogP contribution is 2.41. The number of furan rings is 1. The number of hydrogen-bond donors (Lipinski definition) is 2. The van der Waals surface area contributed by atoms with Crippen molar-refractivity contribution in [2.75, 3.05) is 5.32 Å². The minimum Gasteiger partial charge on any atom is -0.459 e. The first-order chi connectivity index (χ1) is 13.3. The Labute approximate surface area is 173 Å². The Kier molecular flexibility index (Phi) is 4.90. The molecular formula is C22H21Cl2NO3. The van der Waals surface area contributed by atoms with Crippen LogP contribution in [-0.2, 0) is 18.4 Å². The SMILES string of the molecule is CC(C)(O)c1ccc(NC(=O)c2c(Cl)cccc2Cl)c2oc3c(c12)CCCC3. The standard InChI is InChI=1S/C22H21Cl2NO3/c1-22(2,27)13-10-11-16(20-18(13)12-6-3-4-9-17(12)28-20)25-21(26)19-14(23)7-5-8-15(19)24/h5,7-8,10-11,27H,3-4,6,9H2,1-2H3,(H,25,26). The Hall–Kier alpha value is -2.01. The third-order valence-electron chi connectivity index (χ3n) is 5.20. The molecule has 0 aliphatic heterocycles. The van der Waals surface area contributed by atoms with E-state index in [1.807, 2.05) is 6.07 Å². The van der Waals surface area contributed by atoms with Crippen LogP contribution >= 0.6 is 23.2 Å². The van der Waals surface area contributed by atoms with Gasteiger partial charge in [-0.15, -0.1) is 0 Å². The second kappa shape index (κ2) is 7.11. The molecule has 3 aromatic rings. The molecule has 28 heavy (non-hydrogen) atoms. The third kappa shape index (κ3) is 3.30. The molecule has 2 N–H and O–H groups in total. The van der Waals surface area contributed by atoms with Crippen molar-refractivity contribution in [2.45, 2.75) is 45.1 Å². The molecule has 0 unspecified atom stereocenters. The second-order valence-corrected chi connectivity index (χ2v) is 8.50. The number of hydrogen-bond acceptors (Lipinski definition) is 3. The van der Waals surface area contributed by atoms with Crippen molar-refractivity contribution in [1.29, 1.82) is 0 Å². The molecule has 0 radical (unpaired) electrons. The Balaban J connectivity index is 1.85. The molecule has 1 amide bonds. The highest BCUT2D eigenvalue weighted by molar-refractivity contribution is 6.40. The normalized spacial score (nSPS) is 14.2. The van der Waals surface area contributed by atoms with Crippen LogP contribution in [0.25, 0.3) is 11.0 Å². The molecule has 0 fully saturated rings. The topological polar surface area (TPSA) is 62.5 Å². The van der Waals surface area contributed by atoms with Crippen LogP contribution in [0.4, 0.5) is 5.69 Å². The predicted molar refractivity (Wildman–Crippen MR) is 113 cm³/mol. The van der Waals surface area contributed by atoms with E-state index < -0.39 is 11.5 Å². The van der Waals surface area contributed by atoms with Crippen LogP contribution < -0.4 is 5.32 Å². The number of rotatable bonds is 3. The van der Waals surface area contributed by atoms with Crippen molar-refractivity contribution >= 4 is 45.8 Å². The highest BCUT2D eigenvalue weighted by atomic mass is 35.5. The number of nitrogens with one attached hydrogen (secondary N) is 1. The lowest BCUT2D eigenvalue weighted by atomic mass is 9.88. The van der Waals surface area contributed by atoms with Crippen LogP contribution in [0.1, 0.15) is 53.9 Å². The number of aryl methyl sites for hydroxylation is 2. The first-order valence-corrected chi connectivity index (χ1v) is 10.1. The van der Waals surface area contributed by atoms with Crippen LogP contribution in [-0.4, -0.2) is 11.0 Å². The van der Waals surface area contributed by atoms with Crippen LogP contribution in [0.5, 0.6) is 0 Å². The first kappa shape index (κ1) is 19.3. The number of halogens is 2. The van der Waals surface area contributed by atoms with Crippen LogP contribution in [0.2, 0.25) is 10.0 Å². The largest absolute Gasteiger partial charge is 0.459 e. The van der Waals surface area contributed by atoms with Gasteiger partial charge in [0, 0.05) is 17.4 Å². The molecule has 6 heteroatoms. The van der Waals surface area contributed by atoms with E-state index in [0.29, 0.717) is 11.3 Å². The maximum Gasteiger partial charge on any atom is 0.258 e. The van der Waals surface area contributed by atoms with Gasteiger partial charge in [0.2, 0.25) is 0 Å². The maximum absolute atomic E-state index is 12.9. The highest BCUT2D eigenvalue weighted by Gasteiger charge is 2.28. The Bertz CT molecular complexity index is 1060. The van der Waals surface area contributed by atoms with E-state index in [1.165, 1.54) is 0 Å². The summed E-state index contributed by atoms with van der Waals surface area (Å²) in [6.07, 6.45) is 3.92. The molecule has 146 valence electrons. The summed E-state index contributed by atoms with van der Waals surface area (Å²) in [6, 6.07) is 8.55. The van der Waals surface area contributed by atoms with Gasteiger partial charge in [-0.25, -0.2) is 0 Å². The number of amides is 1. The number of benzene rings is 2. The second-order valence-electron chi connectivity index (χ2n) is 7.69. The third-order valence-corrected chi connectivity index (χ3v) is 5.83. The van der Waals surface area contributed by atoms with Gasteiger partial charge in [-0.2, -0.15) is 0 Å². The van der Waals surface area contributed by atoms with Gasteiger partial charge in [-0.3, -0.25) is 4.79 Å². The van der Waals surface area contributed by atoms with E-state index in [1.54, 1.807) is 38.1 Å².